The summed E-state index contributed by atoms with van der Waals surface area (Å²) >= 11 is 5.33. The van der Waals surface area contributed by atoms with Crippen molar-refractivity contribution in [2.24, 2.45) is 0 Å². The van der Waals surface area contributed by atoms with E-state index in [4.69, 9.17) is 21.7 Å². The second-order valence-corrected chi connectivity index (χ2v) is 5.44. The normalized spacial score (nSPS) is 10.0. The molecule has 0 radical (unpaired) electrons. The molecule has 0 heterocycles. The van der Waals surface area contributed by atoms with Crippen LogP contribution in [-0.2, 0) is 6.42 Å². The van der Waals surface area contributed by atoms with Crippen LogP contribution >= 0.6 is 12.2 Å². The molecule has 122 valence electrons. The number of ether oxygens (including phenoxy) is 2. The Labute approximate surface area is 142 Å². The second kappa shape index (κ2) is 9.00. The number of hydrogen-bond acceptors (Lipinski definition) is 3. The first kappa shape index (κ1) is 17.1. The molecule has 4 nitrogen and oxygen atoms in total. The van der Waals surface area contributed by atoms with Crippen LogP contribution in [0.3, 0.4) is 0 Å². The summed E-state index contributed by atoms with van der Waals surface area (Å²) in [6, 6.07) is 16.0. The molecule has 0 aliphatic rings. The summed E-state index contributed by atoms with van der Waals surface area (Å²) in [7, 11) is 3.25. The lowest BCUT2D eigenvalue weighted by molar-refractivity contribution is 0.395. The number of methoxy groups -OCH3 is 2. The van der Waals surface area contributed by atoms with Gasteiger partial charge in [0.25, 0.3) is 0 Å². The van der Waals surface area contributed by atoms with Gasteiger partial charge >= 0.3 is 0 Å². The standard InChI is InChI=1S/C18H22N2O2S/c1-21-15-10-11-16(17(13-15)22-2)20-18(23)19-12-6-9-14-7-4-3-5-8-14/h3-5,7-8,10-11,13H,6,9,12H2,1-2H3,(H2,19,20,23). The third-order valence-electron chi connectivity index (χ3n) is 3.43. The number of thiocarbonyl (C=S) groups is 1. The van der Waals surface area contributed by atoms with Gasteiger partial charge in [0.05, 0.1) is 19.9 Å². The molecule has 0 unspecified atom stereocenters. The van der Waals surface area contributed by atoms with E-state index in [2.05, 4.69) is 34.9 Å². The second-order valence-electron chi connectivity index (χ2n) is 5.04. The molecule has 2 aromatic carbocycles. The Bertz CT molecular complexity index is 632. The van der Waals surface area contributed by atoms with Gasteiger partial charge in [0.1, 0.15) is 11.5 Å². The summed E-state index contributed by atoms with van der Waals surface area (Å²) in [5.74, 6) is 1.44. The van der Waals surface area contributed by atoms with Crippen LogP contribution in [-0.4, -0.2) is 25.9 Å². The van der Waals surface area contributed by atoms with E-state index in [0.29, 0.717) is 10.9 Å². The fraction of sp³-hybridized carbons (Fsp3) is 0.278. The molecule has 0 aliphatic heterocycles. The number of nitrogens with one attached hydrogen (secondary N) is 2. The average Bonchev–Trinajstić information content (AvgIpc) is 2.60. The molecule has 0 saturated carbocycles. The van der Waals surface area contributed by atoms with Crippen LogP contribution < -0.4 is 20.1 Å². The number of benzene rings is 2. The first-order valence-electron chi connectivity index (χ1n) is 7.53. The molecule has 23 heavy (non-hydrogen) atoms. The Morgan fingerprint density at radius 2 is 1.83 bits per heavy atom. The predicted molar refractivity (Wildman–Crippen MR) is 98.5 cm³/mol. The van der Waals surface area contributed by atoms with Gasteiger partial charge in [0.2, 0.25) is 0 Å². The predicted octanol–water partition coefficient (Wildman–Crippen LogP) is 3.62. The molecule has 0 fully saturated rings. The molecule has 5 heteroatoms. The van der Waals surface area contributed by atoms with E-state index in [-0.39, 0.29) is 0 Å². The smallest absolute Gasteiger partial charge is 0.170 e. The van der Waals surface area contributed by atoms with Gasteiger partial charge in [-0.25, -0.2) is 0 Å². The Hall–Kier alpha value is -2.27. The van der Waals surface area contributed by atoms with Crippen LogP contribution in [0.5, 0.6) is 11.5 Å². The molecular formula is C18H22N2O2S. The van der Waals surface area contributed by atoms with E-state index in [1.807, 2.05) is 24.3 Å². The molecule has 2 aromatic rings. The highest BCUT2D eigenvalue weighted by atomic mass is 32.1. The van der Waals surface area contributed by atoms with Gasteiger partial charge in [-0.05, 0) is 42.8 Å². The molecule has 0 atom stereocenters. The van der Waals surface area contributed by atoms with Gasteiger partial charge < -0.3 is 20.1 Å². The molecule has 2 rings (SSSR count). The van der Waals surface area contributed by atoms with Gasteiger partial charge in [-0.1, -0.05) is 30.3 Å². The quantitative estimate of drug-likeness (QED) is 0.599. The van der Waals surface area contributed by atoms with Crippen molar-refractivity contribution in [1.29, 1.82) is 0 Å². The Morgan fingerprint density at radius 1 is 1.04 bits per heavy atom. The van der Waals surface area contributed by atoms with Crippen molar-refractivity contribution >= 4 is 23.0 Å². The zero-order valence-electron chi connectivity index (χ0n) is 13.5. The summed E-state index contributed by atoms with van der Waals surface area (Å²) < 4.78 is 10.5. The zero-order valence-corrected chi connectivity index (χ0v) is 14.3. The third-order valence-corrected chi connectivity index (χ3v) is 3.67. The lowest BCUT2D eigenvalue weighted by Gasteiger charge is -2.14. The third kappa shape index (κ3) is 5.45. The van der Waals surface area contributed by atoms with E-state index in [1.54, 1.807) is 14.2 Å². The van der Waals surface area contributed by atoms with Crippen LogP contribution in [0.2, 0.25) is 0 Å². The molecule has 0 amide bonds. The highest BCUT2D eigenvalue weighted by molar-refractivity contribution is 7.80. The number of aryl methyl sites for hydroxylation is 1. The Balaban J connectivity index is 1.78. The maximum Gasteiger partial charge on any atom is 0.170 e. The fourth-order valence-corrected chi connectivity index (χ4v) is 2.42. The van der Waals surface area contributed by atoms with Gasteiger partial charge in [-0.2, -0.15) is 0 Å². The van der Waals surface area contributed by atoms with Crippen LogP contribution in [0.4, 0.5) is 5.69 Å². The van der Waals surface area contributed by atoms with Crippen molar-refractivity contribution < 1.29 is 9.47 Å². The van der Waals surface area contributed by atoms with Gasteiger partial charge in [-0.3, -0.25) is 0 Å². The first-order valence-corrected chi connectivity index (χ1v) is 7.94. The molecule has 0 bridgehead atoms. The van der Waals surface area contributed by atoms with Crippen LogP contribution in [0.1, 0.15) is 12.0 Å². The van der Waals surface area contributed by atoms with Crippen LogP contribution in [0.25, 0.3) is 0 Å². The van der Waals surface area contributed by atoms with Crippen molar-refractivity contribution in [2.45, 2.75) is 12.8 Å². The van der Waals surface area contributed by atoms with E-state index in [1.165, 1.54) is 5.56 Å². The number of rotatable bonds is 7. The largest absolute Gasteiger partial charge is 0.497 e. The molecular weight excluding hydrogens is 308 g/mol. The van der Waals surface area contributed by atoms with Crippen LogP contribution in [0, 0.1) is 0 Å². The molecule has 2 N–H and O–H groups in total. The highest BCUT2D eigenvalue weighted by Crippen LogP contribution is 2.28. The van der Waals surface area contributed by atoms with Gasteiger partial charge in [0, 0.05) is 12.6 Å². The summed E-state index contributed by atoms with van der Waals surface area (Å²) in [5, 5.41) is 6.95. The van der Waals surface area contributed by atoms with E-state index < -0.39 is 0 Å². The summed E-state index contributed by atoms with van der Waals surface area (Å²) in [6.45, 7) is 0.819. The Morgan fingerprint density at radius 3 is 2.52 bits per heavy atom. The maximum atomic E-state index is 5.34. The lowest BCUT2D eigenvalue weighted by atomic mass is 10.1. The zero-order chi connectivity index (χ0) is 16.5. The van der Waals surface area contributed by atoms with Gasteiger partial charge in [0.15, 0.2) is 5.11 Å². The molecule has 0 aromatic heterocycles. The molecule has 0 saturated heterocycles. The molecule has 0 aliphatic carbocycles. The monoisotopic (exact) mass is 330 g/mol. The average molecular weight is 330 g/mol. The number of hydrogen-bond donors (Lipinski definition) is 2. The van der Waals surface area contributed by atoms with Crippen molar-refractivity contribution in [3.63, 3.8) is 0 Å². The SMILES string of the molecule is COc1ccc(NC(=S)NCCCc2ccccc2)c(OC)c1. The topological polar surface area (TPSA) is 42.5 Å². The highest BCUT2D eigenvalue weighted by Gasteiger charge is 2.06. The van der Waals surface area contributed by atoms with Gasteiger partial charge in [-0.15, -0.1) is 0 Å². The van der Waals surface area contributed by atoms with Crippen molar-refractivity contribution in [3.8, 4) is 11.5 Å². The minimum atomic E-state index is 0.585. The summed E-state index contributed by atoms with van der Waals surface area (Å²) in [6.07, 6.45) is 2.05. The summed E-state index contributed by atoms with van der Waals surface area (Å²) in [4.78, 5) is 0. The maximum absolute atomic E-state index is 5.34. The van der Waals surface area contributed by atoms with Crippen molar-refractivity contribution in [3.05, 3.63) is 54.1 Å². The van der Waals surface area contributed by atoms with Crippen molar-refractivity contribution in [1.82, 2.24) is 5.32 Å². The minimum absolute atomic E-state index is 0.585. The molecule has 0 spiro atoms. The van der Waals surface area contributed by atoms with E-state index in [9.17, 15) is 0 Å². The van der Waals surface area contributed by atoms with Crippen LogP contribution in [0.15, 0.2) is 48.5 Å². The van der Waals surface area contributed by atoms with E-state index >= 15 is 0 Å². The Kier molecular flexibility index (Phi) is 6.69. The van der Waals surface area contributed by atoms with Crippen molar-refractivity contribution in [2.75, 3.05) is 26.1 Å². The lowest BCUT2D eigenvalue weighted by Crippen LogP contribution is -2.29. The summed E-state index contributed by atoms with van der Waals surface area (Å²) in [5.41, 5.74) is 2.15. The first-order chi connectivity index (χ1) is 11.2. The fourth-order valence-electron chi connectivity index (χ4n) is 2.21. The number of anilines is 1. The minimum Gasteiger partial charge on any atom is -0.497 e. The van der Waals surface area contributed by atoms with E-state index in [0.717, 1.165) is 30.8 Å².